The quantitative estimate of drug-likeness (QED) is 0.555. The number of methoxy groups -OCH3 is 1. The molecular weight excluding hydrogens is 346 g/mol. The number of alkyl halides is 2. The lowest BCUT2D eigenvalue weighted by Crippen LogP contribution is -2.34. The number of hydrogen-bond donors (Lipinski definition) is 1. The number of amides is 1. The Morgan fingerprint density at radius 2 is 1.96 bits per heavy atom. The number of rotatable bonds is 8. The monoisotopic (exact) mass is 362 g/mol. The molecule has 1 amide bonds. The van der Waals surface area contributed by atoms with E-state index in [-0.39, 0.29) is 12.3 Å². The number of nitrogens with zero attached hydrogens (tertiary/aromatic N) is 2. The molecule has 1 aromatic rings. The van der Waals surface area contributed by atoms with Gasteiger partial charge in [-0.25, -0.2) is 0 Å². The van der Waals surface area contributed by atoms with Gasteiger partial charge in [0.15, 0.2) is 11.5 Å². The van der Waals surface area contributed by atoms with Gasteiger partial charge in [0.2, 0.25) is 0 Å². The first-order valence-corrected chi connectivity index (χ1v) is 6.88. The molecule has 9 nitrogen and oxygen atoms in total. The number of nitro benzene ring substituents is 1. The second-order valence-corrected chi connectivity index (χ2v) is 5.08. The SMILES string of the molecule is COc1cc(C(=O)N(C)CC(C)C(=O)O)c([N+](=O)[O-])cc1OC(F)F. The first-order chi connectivity index (χ1) is 11.6. The molecule has 1 aromatic carbocycles. The van der Waals surface area contributed by atoms with Gasteiger partial charge in [0.25, 0.3) is 11.6 Å². The number of carbonyl (C=O) groups excluding carboxylic acids is 1. The Kier molecular flexibility index (Phi) is 6.60. The highest BCUT2D eigenvalue weighted by molar-refractivity contribution is 5.99. The molecule has 0 spiro atoms. The van der Waals surface area contributed by atoms with Gasteiger partial charge >= 0.3 is 12.6 Å². The summed E-state index contributed by atoms with van der Waals surface area (Å²) < 4.78 is 33.8. The van der Waals surface area contributed by atoms with E-state index >= 15 is 0 Å². The second-order valence-electron chi connectivity index (χ2n) is 5.08. The molecule has 0 radical (unpaired) electrons. The number of hydrogen-bond acceptors (Lipinski definition) is 6. The third-order valence-electron chi connectivity index (χ3n) is 3.24. The van der Waals surface area contributed by atoms with Crippen LogP contribution in [0, 0.1) is 16.0 Å². The zero-order chi connectivity index (χ0) is 19.3. The van der Waals surface area contributed by atoms with Crippen LogP contribution in [-0.2, 0) is 4.79 Å². The predicted molar refractivity (Wildman–Crippen MR) is 80.0 cm³/mol. The maximum atomic E-state index is 12.4. The van der Waals surface area contributed by atoms with Crippen LogP contribution in [0.3, 0.4) is 0 Å². The maximum Gasteiger partial charge on any atom is 0.387 e. The van der Waals surface area contributed by atoms with Gasteiger partial charge in [-0.15, -0.1) is 0 Å². The van der Waals surface area contributed by atoms with E-state index in [1.165, 1.54) is 14.0 Å². The first-order valence-electron chi connectivity index (χ1n) is 6.88. The van der Waals surface area contributed by atoms with Crippen LogP contribution in [0.15, 0.2) is 12.1 Å². The molecule has 0 aliphatic carbocycles. The third-order valence-corrected chi connectivity index (χ3v) is 3.24. The van der Waals surface area contributed by atoms with Gasteiger partial charge < -0.3 is 19.5 Å². The first kappa shape index (κ1) is 20.1. The maximum absolute atomic E-state index is 12.4. The lowest BCUT2D eigenvalue weighted by molar-refractivity contribution is -0.385. The number of aliphatic carboxylic acids is 1. The summed E-state index contributed by atoms with van der Waals surface area (Å²) in [5, 5.41) is 20.0. The average molecular weight is 362 g/mol. The van der Waals surface area contributed by atoms with Gasteiger partial charge in [0.05, 0.1) is 24.0 Å². The van der Waals surface area contributed by atoms with E-state index in [1.54, 1.807) is 0 Å². The number of halogens is 2. The van der Waals surface area contributed by atoms with Crippen LogP contribution in [0.25, 0.3) is 0 Å². The van der Waals surface area contributed by atoms with Crippen molar-refractivity contribution in [3.63, 3.8) is 0 Å². The molecule has 1 N–H and O–H groups in total. The Balaban J connectivity index is 3.30. The summed E-state index contributed by atoms with van der Waals surface area (Å²) >= 11 is 0. The standard InChI is InChI=1S/C14H16F2N2O7/c1-7(13(20)21)6-17(2)12(19)8-4-10(24-3)11(25-14(15)16)5-9(8)18(22)23/h4-5,7,14H,6H2,1-3H3,(H,20,21). The van der Waals surface area contributed by atoms with Crippen molar-refractivity contribution < 1.29 is 37.9 Å². The molecule has 1 atom stereocenters. The number of benzene rings is 1. The number of nitro groups is 1. The summed E-state index contributed by atoms with van der Waals surface area (Å²) in [6.07, 6.45) is 0. The van der Waals surface area contributed by atoms with E-state index in [0.29, 0.717) is 6.07 Å². The fourth-order valence-electron chi connectivity index (χ4n) is 2.00. The van der Waals surface area contributed by atoms with Crippen LogP contribution >= 0.6 is 0 Å². The Labute approximate surface area is 140 Å². The lowest BCUT2D eigenvalue weighted by atomic mass is 10.1. The number of ether oxygens (including phenoxy) is 2. The number of carboxylic acids is 1. The number of carbonyl (C=O) groups is 2. The lowest BCUT2D eigenvalue weighted by Gasteiger charge is -2.20. The fourth-order valence-corrected chi connectivity index (χ4v) is 2.00. The van der Waals surface area contributed by atoms with Crippen molar-refractivity contribution in [1.82, 2.24) is 4.90 Å². The van der Waals surface area contributed by atoms with Crippen LogP contribution in [0.4, 0.5) is 14.5 Å². The summed E-state index contributed by atoms with van der Waals surface area (Å²) in [5.74, 6) is -3.80. The van der Waals surface area contributed by atoms with Crippen molar-refractivity contribution in [2.45, 2.75) is 13.5 Å². The molecule has 1 unspecified atom stereocenters. The van der Waals surface area contributed by atoms with Crippen molar-refractivity contribution in [3.05, 3.63) is 27.8 Å². The van der Waals surface area contributed by atoms with Gasteiger partial charge in [-0.2, -0.15) is 8.78 Å². The largest absolute Gasteiger partial charge is 0.493 e. The molecular formula is C14H16F2N2O7. The Morgan fingerprint density at radius 1 is 1.36 bits per heavy atom. The van der Waals surface area contributed by atoms with E-state index < -0.39 is 46.3 Å². The summed E-state index contributed by atoms with van der Waals surface area (Å²) in [4.78, 5) is 34.5. The van der Waals surface area contributed by atoms with E-state index in [0.717, 1.165) is 18.1 Å². The van der Waals surface area contributed by atoms with Gasteiger partial charge in [-0.3, -0.25) is 19.7 Å². The Hall–Kier alpha value is -2.98. The molecule has 0 saturated heterocycles. The van der Waals surface area contributed by atoms with E-state index in [4.69, 9.17) is 9.84 Å². The molecule has 0 heterocycles. The van der Waals surface area contributed by atoms with Gasteiger partial charge in [0, 0.05) is 19.7 Å². The van der Waals surface area contributed by atoms with Crippen molar-refractivity contribution in [3.8, 4) is 11.5 Å². The zero-order valence-electron chi connectivity index (χ0n) is 13.6. The molecule has 11 heteroatoms. The third kappa shape index (κ3) is 4.99. The van der Waals surface area contributed by atoms with Gasteiger partial charge in [-0.1, -0.05) is 6.92 Å². The second kappa shape index (κ2) is 8.22. The van der Waals surface area contributed by atoms with E-state index in [9.17, 15) is 28.5 Å². The molecule has 0 fully saturated rings. The van der Waals surface area contributed by atoms with Crippen LogP contribution < -0.4 is 9.47 Å². The highest BCUT2D eigenvalue weighted by Crippen LogP contribution is 2.36. The smallest absolute Gasteiger partial charge is 0.387 e. The Bertz CT molecular complexity index is 681. The topological polar surface area (TPSA) is 119 Å². The fraction of sp³-hybridized carbons (Fsp3) is 0.429. The average Bonchev–Trinajstić information content (AvgIpc) is 2.52. The highest BCUT2D eigenvalue weighted by atomic mass is 19.3. The van der Waals surface area contributed by atoms with E-state index in [2.05, 4.69) is 4.74 Å². The Morgan fingerprint density at radius 3 is 2.40 bits per heavy atom. The molecule has 0 aliphatic heterocycles. The highest BCUT2D eigenvalue weighted by Gasteiger charge is 2.28. The number of carboxylic acid groups (broad SMARTS) is 1. The molecule has 138 valence electrons. The minimum atomic E-state index is -3.24. The summed E-state index contributed by atoms with van der Waals surface area (Å²) in [7, 11) is 2.38. The van der Waals surface area contributed by atoms with Crippen molar-refractivity contribution in [1.29, 1.82) is 0 Å². The zero-order valence-corrected chi connectivity index (χ0v) is 13.6. The van der Waals surface area contributed by atoms with Crippen molar-refractivity contribution in [2.75, 3.05) is 20.7 Å². The van der Waals surface area contributed by atoms with Gasteiger partial charge in [-0.05, 0) is 0 Å². The predicted octanol–water partition coefficient (Wildman–Crippen LogP) is 2.00. The molecule has 25 heavy (non-hydrogen) atoms. The van der Waals surface area contributed by atoms with Crippen molar-refractivity contribution in [2.24, 2.45) is 5.92 Å². The van der Waals surface area contributed by atoms with E-state index in [1.807, 2.05) is 0 Å². The summed E-state index contributed by atoms with van der Waals surface area (Å²) in [6.45, 7) is -2.09. The molecule has 0 aliphatic rings. The van der Waals surface area contributed by atoms with Crippen LogP contribution in [0.5, 0.6) is 11.5 Å². The molecule has 0 bridgehead atoms. The minimum Gasteiger partial charge on any atom is -0.493 e. The summed E-state index contributed by atoms with van der Waals surface area (Å²) in [5.41, 5.74) is -1.21. The van der Waals surface area contributed by atoms with Crippen LogP contribution in [0.1, 0.15) is 17.3 Å². The van der Waals surface area contributed by atoms with Gasteiger partial charge in [0.1, 0.15) is 5.56 Å². The summed E-state index contributed by atoms with van der Waals surface area (Å²) in [6, 6.07) is 1.56. The van der Waals surface area contributed by atoms with Crippen molar-refractivity contribution >= 4 is 17.6 Å². The molecule has 0 saturated carbocycles. The van der Waals surface area contributed by atoms with Crippen LogP contribution in [0.2, 0.25) is 0 Å². The normalized spacial score (nSPS) is 11.8. The van der Waals surface area contributed by atoms with Crippen LogP contribution in [-0.4, -0.2) is 54.1 Å². The minimum absolute atomic E-state index is 0.205. The molecule has 1 rings (SSSR count). The molecule has 0 aromatic heterocycles.